The van der Waals surface area contributed by atoms with Crippen LogP contribution in [0.3, 0.4) is 0 Å². The minimum absolute atomic E-state index is 0.145. The lowest BCUT2D eigenvalue weighted by Crippen LogP contribution is -2.42. The average molecular weight is 494 g/mol. The second-order valence-electron chi connectivity index (χ2n) is 7.46. The number of nitrogens with one attached hydrogen (secondary N) is 2. The van der Waals surface area contributed by atoms with E-state index in [2.05, 4.69) is 10.6 Å². The average Bonchev–Trinajstić information content (AvgIpc) is 3.32. The van der Waals surface area contributed by atoms with Crippen molar-refractivity contribution in [2.24, 2.45) is 0 Å². The molecule has 2 amide bonds. The van der Waals surface area contributed by atoms with E-state index in [4.69, 9.17) is 0 Å². The number of para-hydroxylation sites is 1. The highest BCUT2D eigenvalue weighted by Crippen LogP contribution is 2.34. The first-order valence-corrected chi connectivity index (χ1v) is 11.3. The Morgan fingerprint density at radius 2 is 1.65 bits per heavy atom. The number of carbonyl (C=O) groups is 2. The summed E-state index contributed by atoms with van der Waals surface area (Å²) in [6, 6.07) is 13.7. The van der Waals surface area contributed by atoms with Gasteiger partial charge in [-0.3, -0.25) is 14.5 Å². The Kier molecular flexibility index (Phi) is 8.41. The molecule has 34 heavy (non-hydrogen) atoms. The summed E-state index contributed by atoms with van der Waals surface area (Å²) in [5.41, 5.74) is -0.585. The summed E-state index contributed by atoms with van der Waals surface area (Å²) in [5.74, 6) is -1.44. The predicted octanol–water partition coefficient (Wildman–Crippen LogP) is 5.07. The van der Waals surface area contributed by atoms with Crippen LogP contribution < -0.4 is 10.6 Å². The van der Waals surface area contributed by atoms with Gasteiger partial charge in [-0.25, -0.2) is 4.39 Å². The number of hydrogen-bond donors (Lipinski definition) is 2. The number of thiophene rings is 1. The van der Waals surface area contributed by atoms with Crippen molar-refractivity contribution in [3.8, 4) is 0 Å². The smallest absolute Gasteiger partial charge is 0.343 e. The largest absolute Gasteiger partial charge is 0.418 e. The van der Waals surface area contributed by atoms with Crippen LogP contribution in [0.5, 0.6) is 0 Å². The normalized spacial score (nSPS) is 12.4. The molecule has 2 aromatic carbocycles. The number of alkyl halides is 3. The maximum absolute atomic E-state index is 13.3. The third-order valence-electron chi connectivity index (χ3n) is 5.02. The van der Waals surface area contributed by atoms with Crippen LogP contribution in [0, 0.1) is 5.82 Å². The topological polar surface area (TPSA) is 61.4 Å². The third-order valence-corrected chi connectivity index (χ3v) is 5.96. The molecule has 0 saturated carbocycles. The molecule has 2 N–H and O–H groups in total. The molecule has 180 valence electrons. The summed E-state index contributed by atoms with van der Waals surface area (Å²) in [6.45, 7) is 1.65. The second-order valence-corrected chi connectivity index (χ2v) is 8.44. The van der Waals surface area contributed by atoms with Crippen LogP contribution in [0.25, 0.3) is 0 Å². The Bertz CT molecular complexity index is 1100. The molecule has 0 fully saturated rings. The molecule has 0 spiro atoms. The van der Waals surface area contributed by atoms with Crippen LogP contribution in [0.15, 0.2) is 66.0 Å². The van der Waals surface area contributed by atoms with Crippen LogP contribution in [0.2, 0.25) is 0 Å². The lowest BCUT2D eigenvalue weighted by molar-refractivity contribution is -0.137. The summed E-state index contributed by atoms with van der Waals surface area (Å²) in [5, 5.41) is 7.04. The molecule has 1 atom stereocenters. The van der Waals surface area contributed by atoms with E-state index in [0.717, 1.165) is 10.9 Å². The number of halogens is 4. The summed E-state index contributed by atoms with van der Waals surface area (Å²) in [6.07, 6.45) is -4.61. The van der Waals surface area contributed by atoms with Gasteiger partial charge in [0.05, 0.1) is 30.4 Å². The molecule has 3 aromatic rings. The molecule has 0 aliphatic heterocycles. The summed E-state index contributed by atoms with van der Waals surface area (Å²) in [7, 11) is 0. The molecular formula is C24H23F4N3O2S. The van der Waals surface area contributed by atoms with Crippen LogP contribution >= 0.6 is 11.3 Å². The highest BCUT2D eigenvalue weighted by Gasteiger charge is 2.33. The fourth-order valence-electron chi connectivity index (χ4n) is 3.35. The number of benzene rings is 2. The van der Waals surface area contributed by atoms with Gasteiger partial charge in [0, 0.05) is 4.88 Å². The Balaban J connectivity index is 1.65. The highest BCUT2D eigenvalue weighted by atomic mass is 32.1. The van der Waals surface area contributed by atoms with Crippen molar-refractivity contribution in [3.05, 3.63) is 87.9 Å². The number of carbonyl (C=O) groups excluding carboxylic acids is 2. The van der Waals surface area contributed by atoms with Gasteiger partial charge in [-0.15, -0.1) is 11.3 Å². The van der Waals surface area contributed by atoms with E-state index >= 15 is 0 Å². The quantitative estimate of drug-likeness (QED) is 0.409. The lowest BCUT2D eigenvalue weighted by Gasteiger charge is -2.23. The van der Waals surface area contributed by atoms with Gasteiger partial charge in [0.2, 0.25) is 11.8 Å². The van der Waals surface area contributed by atoms with Gasteiger partial charge in [-0.05, 0) is 47.8 Å². The standard InChI is InChI=1S/C24H23F4N3O2S/c1-2-31(14-21(32)29-19-7-4-3-6-18(19)24(26,27)28)15-22(33)30-23(20-8-5-13-34-20)16-9-11-17(25)12-10-16/h3-13,23H,2,14-15H2,1H3,(H,29,32)(H,30,33)/t23-/m0/s1. The molecule has 0 radical (unpaired) electrons. The van der Waals surface area contributed by atoms with Gasteiger partial charge in [-0.2, -0.15) is 13.2 Å². The Hall–Kier alpha value is -3.24. The van der Waals surface area contributed by atoms with E-state index in [-0.39, 0.29) is 24.7 Å². The Morgan fingerprint density at radius 3 is 2.26 bits per heavy atom. The number of nitrogens with zero attached hydrogens (tertiary/aromatic N) is 1. The number of rotatable bonds is 9. The van der Waals surface area contributed by atoms with Crippen molar-refractivity contribution in [2.75, 3.05) is 25.0 Å². The van der Waals surface area contributed by atoms with E-state index in [1.165, 1.54) is 46.6 Å². The molecule has 1 aromatic heterocycles. The molecule has 0 aliphatic rings. The summed E-state index contributed by atoms with van der Waals surface area (Å²) in [4.78, 5) is 27.6. The maximum Gasteiger partial charge on any atom is 0.418 e. The number of anilines is 1. The van der Waals surface area contributed by atoms with Gasteiger partial charge in [0.25, 0.3) is 0 Å². The Morgan fingerprint density at radius 1 is 0.971 bits per heavy atom. The third kappa shape index (κ3) is 6.88. The molecule has 1 heterocycles. The van der Waals surface area contributed by atoms with E-state index in [1.807, 2.05) is 17.5 Å². The zero-order valence-electron chi connectivity index (χ0n) is 18.2. The zero-order valence-corrected chi connectivity index (χ0v) is 19.0. The fourth-order valence-corrected chi connectivity index (χ4v) is 4.15. The lowest BCUT2D eigenvalue weighted by atomic mass is 10.1. The number of likely N-dealkylation sites (N-methyl/N-ethyl adjacent to an activating group) is 1. The monoisotopic (exact) mass is 493 g/mol. The highest BCUT2D eigenvalue weighted by molar-refractivity contribution is 7.10. The summed E-state index contributed by atoms with van der Waals surface area (Å²) < 4.78 is 52.8. The minimum Gasteiger partial charge on any atom is -0.343 e. The van der Waals surface area contributed by atoms with Crippen LogP contribution in [0.4, 0.5) is 23.2 Å². The molecular weight excluding hydrogens is 470 g/mol. The van der Waals surface area contributed by atoms with E-state index in [9.17, 15) is 27.2 Å². The molecule has 0 unspecified atom stereocenters. The van der Waals surface area contributed by atoms with Crippen molar-refractivity contribution in [2.45, 2.75) is 19.1 Å². The van der Waals surface area contributed by atoms with E-state index in [1.54, 1.807) is 19.1 Å². The van der Waals surface area contributed by atoms with Gasteiger partial charge in [0.1, 0.15) is 5.82 Å². The van der Waals surface area contributed by atoms with Crippen molar-refractivity contribution in [1.29, 1.82) is 0 Å². The van der Waals surface area contributed by atoms with Crippen LogP contribution in [-0.4, -0.2) is 36.3 Å². The molecule has 5 nitrogen and oxygen atoms in total. The van der Waals surface area contributed by atoms with Crippen LogP contribution in [0.1, 0.15) is 29.0 Å². The number of hydrogen-bond acceptors (Lipinski definition) is 4. The Labute approximate surface area is 198 Å². The molecule has 10 heteroatoms. The predicted molar refractivity (Wildman–Crippen MR) is 123 cm³/mol. The maximum atomic E-state index is 13.3. The molecule has 0 saturated heterocycles. The van der Waals surface area contributed by atoms with Crippen molar-refractivity contribution < 1.29 is 27.2 Å². The zero-order chi connectivity index (χ0) is 24.7. The number of amides is 2. The van der Waals surface area contributed by atoms with Gasteiger partial charge in [0.15, 0.2) is 0 Å². The summed E-state index contributed by atoms with van der Waals surface area (Å²) >= 11 is 1.43. The minimum atomic E-state index is -4.61. The molecule has 3 rings (SSSR count). The second kappa shape index (κ2) is 11.3. The first-order valence-electron chi connectivity index (χ1n) is 10.4. The molecule has 0 bridgehead atoms. The SMILES string of the molecule is CCN(CC(=O)Nc1ccccc1C(F)(F)F)CC(=O)N[C@@H](c1ccc(F)cc1)c1cccs1. The van der Waals surface area contributed by atoms with Crippen molar-refractivity contribution in [3.63, 3.8) is 0 Å². The van der Waals surface area contributed by atoms with E-state index < -0.39 is 29.5 Å². The van der Waals surface area contributed by atoms with Crippen LogP contribution in [-0.2, 0) is 15.8 Å². The van der Waals surface area contributed by atoms with E-state index in [0.29, 0.717) is 12.1 Å². The fraction of sp³-hybridized carbons (Fsp3) is 0.250. The van der Waals surface area contributed by atoms with Crippen molar-refractivity contribution >= 4 is 28.8 Å². The molecule has 0 aliphatic carbocycles. The van der Waals surface area contributed by atoms with Gasteiger partial charge < -0.3 is 10.6 Å². The first kappa shape index (κ1) is 25.4. The van der Waals surface area contributed by atoms with Gasteiger partial charge in [-0.1, -0.05) is 37.3 Å². The first-order chi connectivity index (χ1) is 16.2. The van der Waals surface area contributed by atoms with Gasteiger partial charge >= 0.3 is 6.18 Å². The van der Waals surface area contributed by atoms with Crippen molar-refractivity contribution in [1.82, 2.24) is 10.2 Å².